The first kappa shape index (κ1) is 14.9. The fourth-order valence-electron chi connectivity index (χ4n) is 2.33. The number of hydrogen-bond donors (Lipinski definition) is 1. The third kappa shape index (κ3) is 3.16. The molecule has 2 atom stereocenters. The van der Waals surface area contributed by atoms with E-state index >= 15 is 0 Å². The maximum Gasteiger partial charge on any atom is 0.251 e. The van der Waals surface area contributed by atoms with Crippen molar-refractivity contribution in [1.29, 1.82) is 0 Å². The summed E-state index contributed by atoms with van der Waals surface area (Å²) in [5.74, 6) is 1.13. The van der Waals surface area contributed by atoms with E-state index < -0.39 is 6.10 Å². The molecule has 2 unspecified atom stereocenters. The zero-order valence-electron chi connectivity index (χ0n) is 12.2. The molecule has 7 heteroatoms. The number of nitrogens with zero attached hydrogens (tertiary/aromatic N) is 4. The predicted molar refractivity (Wildman–Crippen MR) is 71.9 cm³/mol. The summed E-state index contributed by atoms with van der Waals surface area (Å²) < 4.78 is 5.26. The van der Waals surface area contributed by atoms with Gasteiger partial charge in [0, 0.05) is 32.6 Å². The molecule has 1 aliphatic rings. The summed E-state index contributed by atoms with van der Waals surface area (Å²) in [4.78, 5) is 20.0. The molecule has 1 amide bonds. The molecule has 0 saturated carbocycles. The van der Waals surface area contributed by atoms with Gasteiger partial charge in [-0.1, -0.05) is 12.1 Å². The lowest BCUT2D eigenvalue weighted by Crippen LogP contribution is -2.51. The second-order valence-electron chi connectivity index (χ2n) is 5.12. The first-order valence-electron chi connectivity index (χ1n) is 7.06. The van der Waals surface area contributed by atoms with Crippen LogP contribution in [0.25, 0.3) is 0 Å². The van der Waals surface area contributed by atoms with Crippen molar-refractivity contribution >= 4 is 5.91 Å². The van der Waals surface area contributed by atoms with Gasteiger partial charge in [-0.05, 0) is 13.8 Å². The largest absolute Gasteiger partial charge is 0.384 e. The van der Waals surface area contributed by atoms with E-state index in [4.69, 9.17) is 4.52 Å². The van der Waals surface area contributed by atoms with Gasteiger partial charge in [0.05, 0.1) is 6.04 Å². The van der Waals surface area contributed by atoms with E-state index in [1.807, 2.05) is 13.8 Å². The Hall–Kier alpha value is -1.47. The Balaban J connectivity index is 1.91. The van der Waals surface area contributed by atoms with Crippen molar-refractivity contribution in [1.82, 2.24) is 19.9 Å². The summed E-state index contributed by atoms with van der Waals surface area (Å²) in [6.45, 7) is 8.22. The molecule has 0 spiro atoms. The third-order valence-corrected chi connectivity index (χ3v) is 3.69. The molecule has 2 rings (SSSR count). The maximum atomic E-state index is 11.7. The van der Waals surface area contributed by atoms with Crippen molar-refractivity contribution < 1.29 is 14.4 Å². The van der Waals surface area contributed by atoms with Crippen molar-refractivity contribution in [3.63, 3.8) is 0 Å². The van der Waals surface area contributed by atoms with Crippen LogP contribution in [0.1, 0.15) is 38.5 Å². The Labute approximate surface area is 118 Å². The molecule has 1 N–H and O–H groups in total. The van der Waals surface area contributed by atoms with E-state index in [2.05, 4.69) is 15.0 Å². The van der Waals surface area contributed by atoms with Gasteiger partial charge >= 0.3 is 0 Å². The van der Waals surface area contributed by atoms with E-state index in [0.29, 0.717) is 19.0 Å². The van der Waals surface area contributed by atoms with Gasteiger partial charge in [-0.3, -0.25) is 9.69 Å². The molecule has 0 radical (unpaired) electrons. The zero-order valence-corrected chi connectivity index (χ0v) is 12.2. The van der Waals surface area contributed by atoms with Gasteiger partial charge in [-0.25, -0.2) is 0 Å². The topological polar surface area (TPSA) is 82.7 Å². The third-order valence-electron chi connectivity index (χ3n) is 3.69. The van der Waals surface area contributed by atoms with Crippen LogP contribution >= 0.6 is 0 Å². The van der Waals surface area contributed by atoms with Gasteiger partial charge in [-0.2, -0.15) is 4.98 Å². The van der Waals surface area contributed by atoms with E-state index in [0.717, 1.165) is 25.3 Å². The van der Waals surface area contributed by atoms with Crippen LogP contribution in [0.5, 0.6) is 0 Å². The number of carbonyl (C=O) groups is 1. The molecule has 0 aromatic carbocycles. The fraction of sp³-hybridized carbons (Fsp3) is 0.769. The number of amides is 1. The Morgan fingerprint density at radius 2 is 2.00 bits per heavy atom. The summed E-state index contributed by atoms with van der Waals surface area (Å²) in [6, 6.07) is 0.0478. The molecule has 20 heavy (non-hydrogen) atoms. The number of carbonyl (C=O) groups excluding carboxylic acids is 1. The van der Waals surface area contributed by atoms with Crippen molar-refractivity contribution in [3.05, 3.63) is 11.7 Å². The van der Waals surface area contributed by atoms with Crippen LogP contribution in [0, 0.1) is 0 Å². The lowest BCUT2D eigenvalue weighted by atomic mass is 10.2. The predicted octanol–water partition coefficient (Wildman–Crippen LogP) is 0.218. The molecule has 1 fully saturated rings. The minimum absolute atomic E-state index is 0.0478. The summed E-state index contributed by atoms with van der Waals surface area (Å²) in [5.41, 5.74) is 0. The lowest BCUT2D eigenvalue weighted by molar-refractivity contribution is -0.141. The number of aryl methyl sites for hydroxylation is 1. The van der Waals surface area contributed by atoms with Gasteiger partial charge in [-0.15, -0.1) is 0 Å². The average Bonchev–Trinajstić information content (AvgIpc) is 2.94. The van der Waals surface area contributed by atoms with E-state index in [9.17, 15) is 9.90 Å². The van der Waals surface area contributed by atoms with Crippen LogP contribution in [-0.4, -0.2) is 63.2 Å². The second kappa shape index (κ2) is 6.32. The molecular weight excluding hydrogens is 260 g/mol. The number of aliphatic hydroxyl groups is 1. The van der Waals surface area contributed by atoms with Crippen molar-refractivity contribution in [2.45, 2.75) is 39.3 Å². The van der Waals surface area contributed by atoms with Crippen LogP contribution in [0.4, 0.5) is 0 Å². The van der Waals surface area contributed by atoms with Crippen LogP contribution in [0.15, 0.2) is 4.52 Å². The van der Waals surface area contributed by atoms with Crippen molar-refractivity contribution in [2.24, 2.45) is 0 Å². The van der Waals surface area contributed by atoms with Crippen LogP contribution in [0.2, 0.25) is 0 Å². The summed E-state index contributed by atoms with van der Waals surface area (Å²) >= 11 is 0. The van der Waals surface area contributed by atoms with Gasteiger partial charge in [0.25, 0.3) is 5.91 Å². The van der Waals surface area contributed by atoms with Crippen LogP contribution in [-0.2, 0) is 11.2 Å². The van der Waals surface area contributed by atoms with E-state index in [1.165, 1.54) is 6.92 Å². The van der Waals surface area contributed by atoms with Gasteiger partial charge in [0.15, 0.2) is 5.82 Å². The van der Waals surface area contributed by atoms with Crippen molar-refractivity contribution in [2.75, 3.05) is 26.2 Å². The molecule has 7 nitrogen and oxygen atoms in total. The first-order chi connectivity index (χ1) is 9.52. The number of piperazine rings is 1. The van der Waals surface area contributed by atoms with Crippen LogP contribution < -0.4 is 0 Å². The summed E-state index contributed by atoms with van der Waals surface area (Å²) in [5, 5.41) is 13.2. The zero-order chi connectivity index (χ0) is 14.7. The highest BCUT2D eigenvalue weighted by atomic mass is 16.5. The molecule has 2 heterocycles. The Bertz CT molecular complexity index is 452. The normalized spacial score (nSPS) is 19.9. The number of rotatable bonds is 4. The fourth-order valence-corrected chi connectivity index (χ4v) is 2.33. The van der Waals surface area contributed by atoms with Gasteiger partial charge in [0.1, 0.15) is 6.10 Å². The monoisotopic (exact) mass is 282 g/mol. The second-order valence-corrected chi connectivity index (χ2v) is 5.12. The smallest absolute Gasteiger partial charge is 0.251 e. The Kier molecular flexibility index (Phi) is 4.72. The molecule has 1 aromatic rings. The van der Waals surface area contributed by atoms with Crippen LogP contribution in [0.3, 0.4) is 0 Å². The molecule has 1 aromatic heterocycles. The summed E-state index contributed by atoms with van der Waals surface area (Å²) in [7, 11) is 0. The van der Waals surface area contributed by atoms with E-state index in [1.54, 1.807) is 4.90 Å². The molecule has 0 bridgehead atoms. The Morgan fingerprint density at radius 3 is 2.50 bits per heavy atom. The molecule has 1 aliphatic heterocycles. The number of hydrogen-bond acceptors (Lipinski definition) is 6. The lowest BCUT2D eigenvalue weighted by Gasteiger charge is -2.37. The van der Waals surface area contributed by atoms with Gasteiger partial charge < -0.3 is 14.5 Å². The minimum Gasteiger partial charge on any atom is -0.384 e. The minimum atomic E-state index is -0.929. The average molecular weight is 282 g/mol. The first-order valence-corrected chi connectivity index (χ1v) is 7.06. The highest BCUT2D eigenvalue weighted by Crippen LogP contribution is 2.20. The number of aliphatic hydroxyl groups excluding tert-OH is 1. The molecule has 0 aliphatic carbocycles. The molecule has 112 valence electrons. The highest BCUT2D eigenvalue weighted by Gasteiger charge is 2.28. The maximum absolute atomic E-state index is 11.7. The Morgan fingerprint density at radius 1 is 1.35 bits per heavy atom. The standard InChI is InChI=1S/C13H22N4O3/c1-4-11-14-12(20-15-11)9(2)16-5-7-17(8-6-16)13(19)10(3)18/h9-10,18H,4-8H2,1-3H3. The van der Waals surface area contributed by atoms with E-state index in [-0.39, 0.29) is 11.9 Å². The SMILES string of the molecule is CCc1noc(C(C)N2CCN(C(=O)C(C)O)CC2)n1. The molecular formula is C13H22N4O3. The molecule has 1 saturated heterocycles. The van der Waals surface area contributed by atoms with Gasteiger partial charge in [0.2, 0.25) is 5.89 Å². The quantitative estimate of drug-likeness (QED) is 0.850. The number of aromatic nitrogens is 2. The summed E-state index contributed by atoms with van der Waals surface area (Å²) in [6.07, 6.45) is -0.172. The highest BCUT2D eigenvalue weighted by molar-refractivity contribution is 5.80. The van der Waals surface area contributed by atoms with Crippen molar-refractivity contribution in [3.8, 4) is 0 Å².